The van der Waals surface area contributed by atoms with Crippen molar-refractivity contribution in [3.63, 3.8) is 0 Å². The molecule has 0 bridgehead atoms. The predicted molar refractivity (Wildman–Crippen MR) is 141 cm³/mol. The first-order valence-electron chi connectivity index (χ1n) is 11.1. The van der Waals surface area contributed by atoms with Gasteiger partial charge in [-0.15, -0.1) is 0 Å². The van der Waals surface area contributed by atoms with Gasteiger partial charge in [-0.25, -0.2) is 4.98 Å². The molecule has 35 heavy (non-hydrogen) atoms. The highest BCUT2D eigenvalue weighted by atomic mass is 35.5. The molecule has 0 saturated carbocycles. The van der Waals surface area contributed by atoms with E-state index < -0.39 is 5.92 Å². The molecule has 0 atom stereocenters. The second-order valence-electron chi connectivity index (χ2n) is 7.96. The van der Waals surface area contributed by atoms with E-state index in [9.17, 15) is 4.79 Å². The minimum atomic E-state index is -0.501. The molecule has 1 amide bonds. The summed E-state index contributed by atoms with van der Waals surface area (Å²) in [5.74, 6) is 0.0298. The Balaban J connectivity index is 1.66. The lowest BCUT2D eigenvalue weighted by Crippen LogP contribution is -2.35. The monoisotopic (exact) mass is 499 g/mol. The molecule has 7 heteroatoms. The van der Waals surface area contributed by atoms with Crippen LogP contribution in [-0.4, -0.2) is 23.0 Å². The number of fused-ring (bicyclic) bond motifs is 1. The van der Waals surface area contributed by atoms with Crippen LogP contribution in [0.2, 0.25) is 5.02 Å². The number of ether oxygens (including phenoxy) is 1. The van der Waals surface area contributed by atoms with E-state index in [-0.39, 0.29) is 5.91 Å². The maximum atomic E-state index is 14.4. The van der Waals surface area contributed by atoms with Crippen LogP contribution in [0.5, 0.6) is 5.75 Å². The van der Waals surface area contributed by atoms with Gasteiger partial charge in [0.05, 0.1) is 29.3 Å². The summed E-state index contributed by atoms with van der Waals surface area (Å²) in [6, 6.07) is 27.0. The van der Waals surface area contributed by atoms with Crippen molar-refractivity contribution in [1.82, 2.24) is 9.97 Å². The van der Waals surface area contributed by atoms with Crippen LogP contribution in [0.3, 0.4) is 0 Å². The first kappa shape index (κ1) is 23.0. The van der Waals surface area contributed by atoms with Gasteiger partial charge in [0.25, 0.3) is 0 Å². The van der Waals surface area contributed by atoms with E-state index in [1.807, 2.05) is 72.8 Å². The molecule has 5 aromatic rings. The number of aromatic nitrogens is 2. The van der Waals surface area contributed by atoms with Gasteiger partial charge in [0.1, 0.15) is 11.3 Å². The Morgan fingerprint density at radius 2 is 1.66 bits per heavy atom. The van der Waals surface area contributed by atoms with Gasteiger partial charge in [-0.1, -0.05) is 89.7 Å². The number of benzene rings is 3. The summed E-state index contributed by atoms with van der Waals surface area (Å²) in [4.78, 5) is 25.2. The first-order chi connectivity index (χ1) is 17.2. The quantitative estimate of drug-likeness (QED) is 0.249. The van der Waals surface area contributed by atoms with Crippen molar-refractivity contribution in [2.24, 2.45) is 0 Å². The van der Waals surface area contributed by atoms with Crippen LogP contribution in [0.25, 0.3) is 10.2 Å². The van der Waals surface area contributed by atoms with Gasteiger partial charge < -0.3 is 4.74 Å². The molecule has 5 nitrogen and oxygen atoms in total. The second kappa shape index (κ2) is 10.3. The van der Waals surface area contributed by atoms with E-state index in [2.05, 4.69) is 4.98 Å². The first-order valence-corrected chi connectivity index (χ1v) is 12.3. The van der Waals surface area contributed by atoms with Crippen LogP contribution >= 0.6 is 22.9 Å². The van der Waals surface area contributed by atoms with Crippen LogP contribution < -0.4 is 9.64 Å². The molecule has 0 N–H and O–H groups in total. The van der Waals surface area contributed by atoms with E-state index in [0.717, 1.165) is 21.4 Å². The number of hydrogen-bond donors (Lipinski definition) is 0. The highest BCUT2D eigenvalue weighted by molar-refractivity contribution is 7.23. The third-order valence-electron chi connectivity index (χ3n) is 5.74. The fraction of sp³-hybridized carbons (Fsp3) is 0.107. The van der Waals surface area contributed by atoms with Crippen molar-refractivity contribution in [3.8, 4) is 5.75 Å². The molecular weight excluding hydrogens is 478 g/mol. The molecule has 0 radical (unpaired) electrons. The van der Waals surface area contributed by atoms with Crippen LogP contribution in [0.1, 0.15) is 22.6 Å². The minimum Gasteiger partial charge on any atom is -0.494 e. The van der Waals surface area contributed by atoms with Crippen LogP contribution in [0.4, 0.5) is 5.13 Å². The number of carbonyl (C=O) groups excluding carboxylic acids is 1. The van der Waals surface area contributed by atoms with Gasteiger partial charge in [0, 0.05) is 12.4 Å². The second-order valence-corrected chi connectivity index (χ2v) is 9.35. The number of thiazole rings is 1. The molecule has 3 aromatic carbocycles. The van der Waals surface area contributed by atoms with E-state index in [1.165, 1.54) is 11.3 Å². The summed E-state index contributed by atoms with van der Waals surface area (Å²) in [6.45, 7) is 0.322. The third kappa shape index (κ3) is 4.76. The average molecular weight is 500 g/mol. The Morgan fingerprint density at radius 1 is 0.971 bits per heavy atom. The number of pyridine rings is 1. The number of hydrogen-bond acceptors (Lipinski definition) is 5. The fourth-order valence-corrected chi connectivity index (χ4v) is 5.32. The Bertz CT molecular complexity index is 1400. The molecule has 0 aliphatic heterocycles. The van der Waals surface area contributed by atoms with Gasteiger partial charge in [-0.05, 0) is 34.9 Å². The topological polar surface area (TPSA) is 55.3 Å². The summed E-state index contributed by atoms with van der Waals surface area (Å²) in [6.07, 6.45) is 3.48. The number of nitrogens with zero attached hydrogens (tertiary/aromatic N) is 3. The number of halogens is 1. The van der Waals surface area contributed by atoms with Crippen LogP contribution in [0, 0.1) is 0 Å². The van der Waals surface area contributed by atoms with Gasteiger partial charge in [0.2, 0.25) is 5.91 Å². The fourth-order valence-electron chi connectivity index (χ4n) is 4.06. The van der Waals surface area contributed by atoms with Crippen LogP contribution in [0.15, 0.2) is 97.3 Å². The minimum absolute atomic E-state index is 0.0830. The third-order valence-corrected chi connectivity index (χ3v) is 7.28. The molecule has 0 unspecified atom stereocenters. The van der Waals surface area contributed by atoms with Gasteiger partial charge in [-0.3, -0.25) is 14.7 Å². The van der Waals surface area contributed by atoms with Crippen molar-refractivity contribution in [3.05, 3.63) is 119 Å². The smallest absolute Gasteiger partial charge is 0.241 e. The van der Waals surface area contributed by atoms with Crippen molar-refractivity contribution in [2.45, 2.75) is 12.5 Å². The summed E-state index contributed by atoms with van der Waals surface area (Å²) < 4.78 is 6.29. The van der Waals surface area contributed by atoms with E-state index in [0.29, 0.717) is 28.0 Å². The molecule has 174 valence electrons. The number of methoxy groups -OCH3 is 1. The molecule has 0 aliphatic carbocycles. The molecule has 2 aromatic heterocycles. The Labute approximate surface area is 212 Å². The number of carbonyl (C=O) groups is 1. The number of amides is 1. The molecule has 0 aliphatic rings. The maximum Gasteiger partial charge on any atom is 0.241 e. The summed E-state index contributed by atoms with van der Waals surface area (Å²) in [5.41, 5.74) is 3.37. The largest absolute Gasteiger partial charge is 0.494 e. The summed E-state index contributed by atoms with van der Waals surface area (Å²) in [5, 5.41) is 1.12. The highest BCUT2D eigenvalue weighted by Gasteiger charge is 2.31. The lowest BCUT2D eigenvalue weighted by Gasteiger charge is -2.26. The van der Waals surface area contributed by atoms with Crippen molar-refractivity contribution in [2.75, 3.05) is 12.0 Å². The Hall–Kier alpha value is -3.74. The zero-order valence-electron chi connectivity index (χ0n) is 19.0. The summed E-state index contributed by atoms with van der Waals surface area (Å²) in [7, 11) is 1.60. The van der Waals surface area contributed by atoms with E-state index in [4.69, 9.17) is 21.3 Å². The average Bonchev–Trinajstić information content (AvgIpc) is 3.36. The molecular formula is C28H22ClN3O2S. The predicted octanol–water partition coefficient (Wildman–Crippen LogP) is 6.72. The van der Waals surface area contributed by atoms with Crippen molar-refractivity contribution >= 4 is 44.2 Å². The molecule has 0 spiro atoms. The molecule has 2 heterocycles. The zero-order chi connectivity index (χ0) is 24.2. The van der Waals surface area contributed by atoms with E-state index >= 15 is 0 Å². The highest BCUT2D eigenvalue weighted by Crippen LogP contribution is 2.40. The zero-order valence-corrected chi connectivity index (χ0v) is 20.5. The Morgan fingerprint density at radius 3 is 2.26 bits per heavy atom. The van der Waals surface area contributed by atoms with Crippen LogP contribution in [-0.2, 0) is 11.3 Å². The lowest BCUT2D eigenvalue weighted by atomic mass is 9.90. The van der Waals surface area contributed by atoms with Crippen molar-refractivity contribution < 1.29 is 9.53 Å². The van der Waals surface area contributed by atoms with Gasteiger partial charge in [0.15, 0.2) is 5.13 Å². The standard InChI is InChI=1S/C28H22ClN3O2S/c1-34-23-15-14-22(29)26-25(23)31-28(35-26)32(18-19-9-8-16-30-17-19)27(33)24(20-10-4-2-5-11-20)21-12-6-3-7-13-21/h2-17,24H,18H2,1H3. The SMILES string of the molecule is COc1ccc(Cl)c2sc(N(Cc3cccnc3)C(=O)C(c3ccccc3)c3ccccc3)nc12. The molecule has 5 rings (SSSR count). The maximum absolute atomic E-state index is 14.4. The van der Waals surface area contributed by atoms with Crippen molar-refractivity contribution in [1.29, 1.82) is 0 Å². The van der Waals surface area contributed by atoms with Gasteiger partial charge in [-0.2, -0.15) is 0 Å². The lowest BCUT2D eigenvalue weighted by molar-refractivity contribution is -0.119. The Kier molecular flexibility index (Phi) is 6.75. The normalized spacial score (nSPS) is 11.1. The van der Waals surface area contributed by atoms with Gasteiger partial charge >= 0.3 is 0 Å². The summed E-state index contributed by atoms with van der Waals surface area (Å²) >= 11 is 7.88. The number of anilines is 1. The molecule has 0 fully saturated rings. The number of rotatable bonds is 7. The van der Waals surface area contributed by atoms with E-state index in [1.54, 1.807) is 36.5 Å². The molecule has 0 saturated heterocycles.